The van der Waals surface area contributed by atoms with Gasteiger partial charge < -0.3 is 10.5 Å². The molecule has 8 heteroatoms. The molecule has 0 fully saturated rings. The van der Waals surface area contributed by atoms with Crippen molar-refractivity contribution in [2.75, 3.05) is 12.8 Å². The number of hydrogen-bond donors (Lipinski definition) is 1. The minimum Gasteiger partial charge on any atom is -0.495 e. The van der Waals surface area contributed by atoms with E-state index < -0.39 is 20.2 Å². The van der Waals surface area contributed by atoms with Crippen molar-refractivity contribution in [2.24, 2.45) is 0 Å². The highest BCUT2D eigenvalue weighted by Crippen LogP contribution is 2.33. The van der Waals surface area contributed by atoms with Crippen molar-refractivity contribution in [2.45, 2.75) is 10.4 Å². The smallest absolute Gasteiger partial charge is 0.495 e. The normalized spacial score (nSPS) is 12.5. The highest BCUT2D eigenvalue weighted by atomic mass is 32.2. The lowest BCUT2D eigenvalue weighted by atomic mass is 10.3. The molecule has 0 aliphatic carbocycles. The van der Waals surface area contributed by atoms with Gasteiger partial charge in [0.05, 0.1) is 17.7 Å². The Morgan fingerprint density at radius 1 is 1.31 bits per heavy atom. The summed E-state index contributed by atoms with van der Waals surface area (Å²) < 4.78 is 63.2. The fourth-order valence-electron chi connectivity index (χ4n) is 0.992. The van der Waals surface area contributed by atoms with Crippen molar-refractivity contribution < 1.29 is 26.3 Å². The first-order valence-electron chi connectivity index (χ1n) is 3.95. The van der Waals surface area contributed by atoms with Crippen LogP contribution in [0.15, 0.2) is 23.1 Å². The molecule has 0 saturated carbocycles. The number of hydrogen-bond acceptors (Lipinski definition) is 4. The molecule has 0 aliphatic rings. The minimum absolute atomic E-state index is 0.0589. The molecule has 0 aliphatic heterocycles. The van der Waals surface area contributed by atoms with Gasteiger partial charge in [-0.25, -0.2) is 8.42 Å². The standard InChI is InChI=1S/C8H8F3NO3S/c1-15-7-4-5(2-3-6(7)12)16(13,14)8(9,10)11/h2-4H,12H2,1H3. The zero-order valence-corrected chi connectivity index (χ0v) is 8.89. The molecule has 0 unspecified atom stereocenters. The Balaban J connectivity index is 3.36. The van der Waals surface area contributed by atoms with Gasteiger partial charge in [0.1, 0.15) is 5.75 Å². The number of nitrogen functional groups attached to an aromatic ring is 1. The van der Waals surface area contributed by atoms with Crippen LogP contribution in [0, 0.1) is 0 Å². The molecule has 0 saturated heterocycles. The van der Waals surface area contributed by atoms with Crippen LogP contribution in [-0.2, 0) is 9.84 Å². The number of benzene rings is 1. The number of anilines is 1. The van der Waals surface area contributed by atoms with Gasteiger partial charge in [-0.15, -0.1) is 0 Å². The maximum Gasteiger partial charge on any atom is 0.501 e. The molecular formula is C8H8F3NO3S. The molecule has 2 N–H and O–H groups in total. The molecule has 4 nitrogen and oxygen atoms in total. The first kappa shape index (κ1) is 12.6. The quantitative estimate of drug-likeness (QED) is 0.814. The number of alkyl halides is 3. The van der Waals surface area contributed by atoms with E-state index in [1.54, 1.807) is 0 Å². The molecule has 0 bridgehead atoms. The molecule has 0 spiro atoms. The van der Waals surface area contributed by atoms with Crippen LogP contribution >= 0.6 is 0 Å². The lowest BCUT2D eigenvalue weighted by Crippen LogP contribution is -2.23. The van der Waals surface area contributed by atoms with Crippen LogP contribution in [0.2, 0.25) is 0 Å². The van der Waals surface area contributed by atoms with Crippen molar-refractivity contribution >= 4 is 15.5 Å². The third-order valence-electron chi connectivity index (χ3n) is 1.82. The number of sulfone groups is 1. The maximum atomic E-state index is 12.2. The van der Waals surface area contributed by atoms with Crippen LogP contribution in [0.3, 0.4) is 0 Å². The van der Waals surface area contributed by atoms with E-state index in [2.05, 4.69) is 4.74 Å². The van der Waals surface area contributed by atoms with Crippen LogP contribution < -0.4 is 10.5 Å². The van der Waals surface area contributed by atoms with Gasteiger partial charge in [-0.1, -0.05) is 0 Å². The Morgan fingerprint density at radius 2 is 1.88 bits per heavy atom. The van der Waals surface area contributed by atoms with Gasteiger partial charge in [0.25, 0.3) is 9.84 Å². The Morgan fingerprint density at radius 3 is 2.31 bits per heavy atom. The van der Waals surface area contributed by atoms with Crippen LogP contribution in [0.5, 0.6) is 5.75 Å². The van der Waals surface area contributed by atoms with Crippen LogP contribution in [-0.4, -0.2) is 21.0 Å². The molecule has 0 atom stereocenters. The summed E-state index contributed by atoms with van der Waals surface area (Å²) in [5.74, 6) is -0.120. The summed E-state index contributed by atoms with van der Waals surface area (Å²) in [6.07, 6.45) is 0. The van der Waals surface area contributed by atoms with E-state index in [9.17, 15) is 21.6 Å². The van der Waals surface area contributed by atoms with Crippen molar-refractivity contribution in [1.29, 1.82) is 0 Å². The highest BCUT2D eigenvalue weighted by molar-refractivity contribution is 7.92. The Bertz CT molecular complexity index is 496. The van der Waals surface area contributed by atoms with Gasteiger partial charge in [-0.2, -0.15) is 13.2 Å². The van der Waals surface area contributed by atoms with Crippen LogP contribution in [0.1, 0.15) is 0 Å². The molecule has 1 rings (SSSR count). The molecule has 90 valence electrons. The summed E-state index contributed by atoms with van der Waals surface area (Å²) in [5.41, 5.74) is 0.0710. The number of nitrogens with two attached hydrogens (primary N) is 1. The second kappa shape index (κ2) is 3.85. The molecule has 0 radical (unpaired) electrons. The molecule has 0 heterocycles. The second-order valence-electron chi connectivity index (χ2n) is 2.85. The summed E-state index contributed by atoms with van der Waals surface area (Å²) in [6, 6.07) is 2.55. The lowest BCUT2D eigenvalue weighted by molar-refractivity contribution is -0.0436. The van der Waals surface area contributed by atoms with E-state index in [0.29, 0.717) is 0 Å². The fourth-order valence-corrected chi connectivity index (χ4v) is 1.77. The summed E-state index contributed by atoms with van der Waals surface area (Å²) in [7, 11) is -4.19. The van der Waals surface area contributed by atoms with E-state index >= 15 is 0 Å². The van der Waals surface area contributed by atoms with E-state index in [1.165, 1.54) is 7.11 Å². The zero-order valence-electron chi connectivity index (χ0n) is 8.08. The minimum atomic E-state index is -5.36. The molecule has 0 aromatic heterocycles. The van der Waals surface area contributed by atoms with Crippen molar-refractivity contribution in [1.82, 2.24) is 0 Å². The average molecular weight is 255 g/mol. The predicted octanol–water partition coefficient (Wildman–Crippen LogP) is 1.57. The van der Waals surface area contributed by atoms with Crippen LogP contribution in [0.25, 0.3) is 0 Å². The summed E-state index contributed by atoms with van der Waals surface area (Å²) in [6.45, 7) is 0. The lowest BCUT2D eigenvalue weighted by Gasteiger charge is -2.10. The SMILES string of the molecule is COc1cc(S(=O)(=O)C(F)(F)F)ccc1N. The third kappa shape index (κ3) is 2.06. The predicted molar refractivity (Wildman–Crippen MR) is 50.6 cm³/mol. The Labute approximate surface area is 89.7 Å². The van der Waals surface area contributed by atoms with Gasteiger partial charge in [0, 0.05) is 6.07 Å². The largest absolute Gasteiger partial charge is 0.501 e. The highest BCUT2D eigenvalue weighted by Gasteiger charge is 2.47. The van der Waals surface area contributed by atoms with Crippen molar-refractivity contribution in [3.8, 4) is 5.75 Å². The summed E-state index contributed by atoms with van der Waals surface area (Å²) in [5, 5.41) is 0. The van der Waals surface area contributed by atoms with E-state index in [-0.39, 0.29) is 11.4 Å². The first-order chi connectivity index (χ1) is 7.20. The summed E-state index contributed by atoms with van der Waals surface area (Å²) >= 11 is 0. The Hall–Kier alpha value is -1.44. The zero-order chi connectivity index (χ0) is 12.6. The topological polar surface area (TPSA) is 69.4 Å². The van der Waals surface area contributed by atoms with Gasteiger partial charge in [0.2, 0.25) is 0 Å². The van der Waals surface area contributed by atoms with E-state index in [4.69, 9.17) is 5.73 Å². The van der Waals surface area contributed by atoms with E-state index in [0.717, 1.165) is 18.2 Å². The number of methoxy groups -OCH3 is 1. The van der Waals surface area contributed by atoms with Gasteiger partial charge >= 0.3 is 5.51 Å². The van der Waals surface area contributed by atoms with Gasteiger partial charge in [0.15, 0.2) is 0 Å². The summed E-state index contributed by atoms with van der Waals surface area (Å²) in [4.78, 5) is -0.897. The monoisotopic (exact) mass is 255 g/mol. The Kier molecular flexibility index (Phi) is 3.04. The van der Waals surface area contributed by atoms with Gasteiger partial charge in [-0.05, 0) is 12.1 Å². The molecule has 0 amide bonds. The fraction of sp³-hybridized carbons (Fsp3) is 0.250. The molecular weight excluding hydrogens is 247 g/mol. The molecule has 1 aromatic rings. The maximum absolute atomic E-state index is 12.2. The number of halogens is 3. The van der Waals surface area contributed by atoms with E-state index in [1.807, 2.05) is 0 Å². The number of rotatable bonds is 2. The molecule has 1 aromatic carbocycles. The average Bonchev–Trinajstić information content (AvgIpc) is 2.16. The second-order valence-corrected chi connectivity index (χ2v) is 4.79. The van der Waals surface area contributed by atoms with Gasteiger partial charge in [-0.3, -0.25) is 0 Å². The third-order valence-corrected chi connectivity index (χ3v) is 3.30. The number of ether oxygens (including phenoxy) is 1. The van der Waals surface area contributed by atoms with Crippen LogP contribution in [0.4, 0.5) is 18.9 Å². The first-order valence-corrected chi connectivity index (χ1v) is 5.43. The molecule has 16 heavy (non-hydrogen) atoms. The van der Waals surface area contributed by atoms with Crippen molar-refractivity contribution in [3.63, 3.8) is 0 Å². The van der Waals surface area contributed by atoms with Crippen molar-refractivity contribution in [3.05, 3.63) is 18.2 Å².